The zero-order valence-electron chi connectivity index (χ0n) is 10.2. The Morgan fingerprint density at radius 3 is 2.65 bits per heavy atom. The third-order valence-corrected chi connectivity index (χ3v) is 2.81. The van der Waals surface area contributed by atoms with Crippen LogP contribution in [0.4, 0.5) is 0 Å². The number of phenolic OH excluding ortho intramolecular Hbond substituents is 1. The van der Waals surface area contributed by atoms with Crippen LogP contribution in [0, 0.1) is 0 Å². The van der Waals surface area contributed by atoms with Gasteiger partial charge in [-0.25, -0.2) is 9.48 Å². The monoisotopic (exact) mass is 270 g/mol. The summed E-state index contributed by atoms with van der Waals surface area (Å²) in [6.45, 7) is 0. The number of para-hydroxylation sites is 2. The second-order valence-electron chi connectivity index (χ2n) is 4.10. The van der Waals surface area contributed by atoms with Crippen LogP contribution in [-0.2, 0) is 0 Å². The van der Waals surface area contributed by atoms with Gasteiger partial charge in [0.25, 0.3) is 0 Å². The van der Waals surface area contributed by atoms with Gasteiger partial charge >= 0.3 is 5.97 Å². The van der Waals surface area contributed by atoms with Crippen molar-refractivity contribution in [1.29, 1.82) is 0 Å². The number of furan rings is 1. The van der Waals surface area contributed by atoms with E-state index in [1.807, 2.05) is 0 Å². The molecule has 2 N–H and O–H groups in total. The third-order valence-electron chi connectivity index (χ3n) is 2.81. The summed E-state index contributed by atoms with van der Waals surface area (Å²) in [6, 6.07) is 11.2. The van der Waals surface area contributed by atoms with Crippen molar-refractivity contribution in [2.45, 2.75) is 0 Å². The molecule has 1 aromatic carbocycles. The highest BCUT2D eigenvalue weighted by atomic mass is 16.4. The molecule has 0 radical (unpaired) electrons. The zero-order chi connectivity index (χ0) is 14.1. The minimum Gasteiger partial charge on any atom is -0.506 e. The fraction of sp³-hybridized carbons (Fsp3) is 0. The summed E-state index contributed by atoms with van der Waals surface area (Å²) in [5, 5.41) is 23.3. The predicted octanol–water partition coefficient (Wildman–Crippen LogP) is 2.54. The molecule has 0 aliphatic rings. The van der Waals surface area contributed by atoms with Gasteiger partial charge < -0.3 is 14.6 Å². The average molecular weight is 270 g/mol. The topological polar surface area (TPSA) is 88.5 Å². The Hall–Kier alpha value is -3.02. The minimum atomic E-state index is -1.14. The van der Waals surface area contributed by atoms with Gasteiger partial charge in [0.2, 0.25) is 0 Å². The van der Waals surface area contributed by atoms with Crippen LogP contribution < -0.4 is 0 Å². The first kappa shape index (κ1) is 12.0. The van der Waals surface area contributed by atoms with Gasteiger partial charge in [0.05, 0.1) is 6.26 Å². The highest BCUT2D eigenvalue weighted by molar-refractivity contribution is 5.88. The van der Waals surface area contributed by atoms with Gasteiger partial charge in [-0.1, -0.05) is 12.1 Å². The Morgan fingerprint density at radius 2 is 2.00 bits per heavy atom. The number of hydrogen-bond acceptors (Lipinski definition) is 4. The summed E-state index contributed by atoms with van der Waals surface area (Å²) >= 11 is 0. The summed E-state index contributed by atoms with van der Waals surface area (Å²) in [5.41, 5.74) is 0.622. The minimum absolute atomic E-state index is 0.0518. The van der Waals surface area contributed by atoms with E-state index in [1.54, 1.807) is 30.3 Å². The van der Waals surface area contributed by atoms with E-state index in [0.717, 1.165) is 0 Å². The summed E-state index contributed by atoms with van der Waals surface area (Å²) in [7, 11) is 0. The van der Waals surface area contributed by atoms with Crippen LogP contribution in [0.5, 0.6) is 5.75 Å². The van der Waals surface area contributed by atoms with E-state index in [9.17, 15) is 15.0 Å². The van der Waals surface area contributed by atoms with Crippen molar-refractivity contribution in [3.8, 4) is 22.9 Å². The number of benzene rings is 1. The fourth-order valence-electron chi connectivity index (χ4n) is 1.91. The van der Waals surface area contributed by atoms with Crippen molar-refractivity contribution < 1.29 is 19.4 Å². The molecule has 0 spiro atoms. The Kier molecular flexibility index (Phi) is 2.76. The Labute approximate surface area is 113 Å². The molecule has 0 fully saturated rings. The van der Waals surface area contributed by atoms with E-state index in [2.05, 4.69) is 5.10 Å². The molecule has 0 aliphatic heterocycles. The second-order valence-corrected chi connectivity index (χ2v) is 4.10. The number of carboxylic acid groups (broad SMARTS) is 1. The number of aromatic nitrogens is 2. The first-order chi connectivity index (χ1) is 9.66. The van der Waals surface area contributed by atoms with Gasteiger partial charge in [-0.15, -0.1) is 0 Å². The van der Waals surface area contributed by atoms with Crippen molar-refractivity contribution in [3.63, 3.8) is 0 Å². The van der Waals surface area contributed by atoms with Gasteiger partial charge in [0, 0.05) is 6.07 Å². The van der Waals surface area contributed by atoms with Crippen LogP contribution in [0.3, 0.4) is 0 Å². The van der Waals surface area contributed by atoms with Crippen LogP contribution in [0.2, 0.25) is 0 Å². The van der Waals surface area contributed by atoms with Gasteiger partial charge in [0.1, 0.15) is 17.1 Å². The molecule has 100 valence electrons. The molecular weight excluding hydrogens is 260 g/mol. The van der Waals surface area contributed by atoms with E-state index in [0.29, 0.717) is 17.1 Å². The van der Waals surface area contributed by atoms with Gasteiger partial charge in [-0.3, -0.25) is 0 Å². The summed E-state index contributed by atoms with van der Waals surface area (Å²) in [4.78, 5) is 11.3. The molecule has 0 bridgehead atoms. The first-order valence-corrected chi connectivity index (χ1v) is 5.82. The van der Waals surface area contributed by atoms with Crippen molar-refractivity contribution in [2.75, 3.05) is 0 Å². The van der Waals surface area contributed by atoms with Crippen molar-refractivity contribution >= 4 is 5.97 Å². The van der Waals surface area contributed by atoms with Crippen LogP contribution in [0.1, 0.15) is 10.5 Å². The van der Waals surface area contributed by atoms with Crippen LogP contribution in [0.25, 0.3) is 17.1 Å². The molecule has 0 saturated carbocycles. The standard InChI is InChI=1S/C14H10N2O4/c17-12-5-2-1-4-10(12)16-11(14(18)19)8-9(15-16)13-6-3-7-20-13/h1-8,17H,(H,18,19). The first-order valence-electron chi connectivity index (χ1n) is 5.82. The van der Waals surface area contributed by atoms with Gasteiger partial charge in [0.15, 0.2) is 11.5 Å². The molecule has 0 amide bonds. The molecule has 0 aliphatic carbocycles. The third kappa shape index (κ3) is 1.93. The summed E-state index contributed by atoms with van der Waals surface area (Å²) < 4.78 is 6.38. The Bertz CT molecular complexity index is 759. The number of nitrogens with zero attached hydrogens (tertiary/aromatic N) is 2. The maximum absolute atomic E-state index is 11.3. The Balaban J connectivity index is 2.20. The average Bonchev–Trinajstić information content (AvgIpc) is 3.08. The maximum Gasteiger partial charge on any atom is 0.354 e. The SMILES string of the molecule is O=C(O)c1cc(-c2ccco2)nn1-c1ccccc1O. The zero-order valence-corrected chi connectivity index (χ0v) is 10.2. The fourth-order valence-corrected chi connectivity index (χ4v) is 1.91. The molecule has 6 nitrogen and oxygen atoms in total. The van der Waals surface area contributed by atoms with Crippen LogP contribution in [0.15, 0.2) is 53.1 Å². The number of aromatic carboxylic acids is 1. The summed E-state index contributed by atoms with van der Waals surface area (Å²) in [6.07, 6.45) is 1.48. The lowest BCUT2D eigenvalue weighted by Gasteiger charge is -2.05. The molecule has 0 atom stereocenters. The molecule has 0 unspecified atom stereocenters. The number of aromatic hydroxyl groups is 1. The van der Waals surface area contributed by atoms with Gasteiger partial charge in [-0.2, -0.15) is 5.10 Å². The molecule has 3 aromatic rings. The molecule has 6 heteroatoms. The van der Waals surface area contributed by atoms with Crippen LogP contribution >= 0.6 is 0 Å². The van der Waals surface area contributed by atoms with E-state index < -0.39 is 5.97 Å². The lowest BCUT2D eigenvalue weighted by Crippen LogP contribution is -2.07. The maximum atomic E-state index is 11.3. The molecule has 3 rings (SSSR count). The smallest absolute Gasteiger partial charge is 0.354 e. The molecule has 20 heavy (non-hydrogen) atoms. The van der Waals surface area contributed by atoms with E-state index in [1.165, 1.54) is 23.1 Å². The second kappa shape index (κ2) is 4.58. The number of rotatable bonds is 3. The number of carboxylic acids is 1. The van der Waals surface area contributed by atoms with Crippen molar-refractivity contribution in [2.24, 2.45) is 0 Å². The normalized spacial score (nSPS) is 10.6. The quantitative estimate of drug-likeness (QED) is 0.763. The van der Waals surface area contributed by atoms with Crippen molar-refractivity contribution in [1.82, 2.24) is 9.78 Å². The lowest BCUT2D eigenvalue weighted by atomic mass is 10.2. The highest BCUT2D eigenvalue weighted by Crippen LogP contribution is 2.26. The summed E-state index contributed by atoms with van der Waals surface area (Å²) in [5.74, 6) is -0.732. The van der Waals surface area contributed by atoms with Crippen LogP contribution in [-0.4, -0.2) is 26.0 Å². The van der Waals surface area contributed by atoms with Gasteiger partial charge in [-0.05, 0) is 24.3 Å². The van der Waals surface area contributed by atoms with Crippen molar-refractivity contribution in [3.05, 3.63) is 54.4 Å². The van der Waals surface area contributed by atoms with E-state index >= 15 is 0 Å². The lowest BCUT2D eigenvalue weighted by molar-refractivity contribution is 0.0687. The Morgan fingerprint density at radius 1 is 1.20 bits per heavy atom. The molecule has 2 aromatic heterocycles. The number of phenols is 1. The number of carbonyl (C=O) groups is 1. The molecular formula is C14H10N2O4. The van der Waals surface area contributed by atoms with E-state index in [-0.39, 0.29) is 11.4 Å². The molecule has 0 saturated heterocycles. The predicted molar refractivity (Wildman–Crippen MR) is 69.9 cm³/mol. The highest BCUT2D eigenvalue weighted by Gasteiger charge is 2.19. The number of hydrogen-bond donors (Lipinski definition) is 2. The largest absolute Gasteiger partial charge is 0.506 e. The molecule has 2 heterocycles. The van der Waals surface area contributed by atoms with E-state index in [4.69, 9.17) is 4.42 Å².